The van der Waals surface area contributed by atoms with E-state index in [4.69, 9.17) is 4.74 Å². The zero-order valence-electron chi connectivity index (χ0n) is 17.8. The number of benzene rings is 2. The first-order chi connectivity index (χ1) is 14.5. The third-order valence-corrected chi connectivity index (χ3v) is 4.97. The molecule has 0 unspecified atom stereocenters. The first kappa shape index (κ1) is 22.4. The Bertz CT molecular complexity index is 1170. The predicted molar refractivity (Wildman–Crippen MR) is 118 cm³/mol. The van der Waals surface area contributed by atoms with Crippen LogP contribution >= 0.6 is 0 Å². The molecule has 1 heterocycles. The van der Waals surface area contributed by atoms with Crippen molar-refractivity contribution in [1.29, 1.82) is 0 Å². The van der Waals surface area contributed by atoms with Crippen LogP contribution in [-0.4, -0.2) is 12.1 Å². The van der Waals surface area contributed by atoms with Crippen molar-refractivity contribution in [3.8, 4) is 16.9 Å². The number of aromatic amines is 1. The molecule has 0 aliphatic heterocycles. The molecule has 0 saturated heterocycles. The van der Waals surface area contributed by atoms with Gasteiger partial charge in [-0.15, -0.1) is 0 Å². The minimum Gasteiger partial charge on any atom is -0.496 e. The number of hydrogen-bond donors (Lipinski definition) is 1. The molecular weight excluding hydrogens is 403 g/mol. The van der Waals surface area contributed by atoms with Gasteiger partial charge < -0.3 is 9.72 Å². The normalized spacial score (nSPS) is 12.4. The molecule has 162 valence electrons. The molecule has 0 aliphatic carbocycles. The number of methoxy groups -OCH3 is 1. The number of aromatic nitrogens is 1. The van der Waals surface area contributed by atoms with Crippen LogP contribution in [0.2, 0.25) is 0 Å². The molecule has 0 aliphatic rings. The molecule has 3 rings (SSSR count). The fourth-order valence-corrected chi connectivity index (χ4v) is 3.44. The van der Waals surface area contributed by atoms with E-state index in [1.807, 2.05) is 26.8 Å². The predicted octanol–water partition coefficient (Wildman–Crippen LogP) is 6.54. The lowest BCUT2D eigenvalue weighted by molar-refractivity contribution is -0.137. The van der Waals surface area contributed by atoms with E-state index in [1.54, 1.807) is 36.5 Å². The molecule has 0 fully saturated rings. The summed E-state index contributed by atoms with van der Waals surface area (Å²) in [7, 11) is 1.53. The van der Waals surface area contributed by atoms with Gasteiger partial charge >= 0.3 is 6.18 Å². The summed E-state index contributed by atoms with van der Waals surface area (Å²) in [6.45, 7) is 6.03. The van der Waals surface area contributed by atoms with Gasteiger partial charge in [0.25, 0.3) is 5.56 Å². The number of nitrogens with one attached hydrogen (secondary N) is 1. The van der Waals surface area contributed by atoms with Crippen molar-refractivity contribution in [3.63, 3.8) is 0 Å². The van der Waals surface area contributed by atoms with Gasteiger partial charge in [0, 0.05) is 22.9 Å². The van der Waals surface area contributed by atoms with E-state index in [0.29, 0.717) is 22.4 Å². The largest absolute Gasteiger partial charge is 0.496 e. The Hall–Kier alpha value is -3.28. The highest BCUT2D eigenvalue weighted by atomic mass is 19.4. The minimum atomic E-state index is -4.46. The van der Waals surface area contributed by atoms with Crippen molar-refractivity contribution in [1.82, 2.24) is 4.98 Å². The van der Waals surface area contributed by atoms with Gasteiger partial charge in [-0.05, 0) is 46.9 Å². The molecule has 1 N–H and O–H groups in total. The second kappa shape index (κ2) is 8.46. The van der Waals surface area contributed by atoms with Crippen LogP contribution in [0.25, 0.3) is 23.3 Å². The summed E-state index contributed by atoms with van der Waals surface area (Å²) >= 11 is 0. The van der Waals surface area contributed by atoms with Gasteiger partial charge in [0.15, 0.2) is 0 Å². The Morgan fingerprint density at radius 1 is 0.903 bits per heavy atom. The van der Waals surface area contributed by atoms with Crippen molar-refractivity contribution in [3.05, 3.63) is 87.3 Å². The fourth-order valence-electron chi connectivity index (χ4n) is 3.44. The van der Waals surface area contributed by atoms with Crippen LogP contribution in [0.1, 0.15) is 43.0 Å². The van der Waals surface area contributed by atoms with Crippen molar-refractivity contribution in [2.45, 2.75) is 32.4 Å². The lowest BCUT2D eigenvalue weighted by Crippen LogP contribution is -2.15. The van der Waals surface area contributed by atoms with Crippen LogP contribution in [0, 0.1) is 0 Å². The van der Waals surface area contributed by atoms with Crippen molar-refractivity contribution in [2.75, 3.05) is 7.11 Å². The number of ether oxygens (including phenoxy) is 1. The summed E-state index contributed by atoms with van der Waals surface area (Å²) in [4.78, 5) is 15.0. The average Bonchev–Trinajstić information content (AvgIpc) is 2.70. The van der Waals surface area contributed by atoms with Crippen LogP contribution in [0.3, 0.4) is 0 Å². The van der Waals surface area contributed by atoms with Gasteiger partial charge in [-0.1, -0.05) is 51.1 Å². The van der Waals surface area contributed by atoms with Crippen molar-refractivity contribution in [2.24, 2.45) is 0 Å². The molecule has 3 aromatic rings. The number of pyridine rings is 1. The lowest BCUT2D eigenvalue weighted by Gasteiger charge is -2.24. The van der Waals surface area contributed by atoms with Crippen LogP contribution in [-0.2, 0) is 11.6 Å². The lowest BCUT2D eigenvalue weighted by atomic mass is 9.83. The minimum absolute atomic E-state index is 0.0531. The monoisotopic (exact) mass is 427 g/mol. The third-order valence-electron chi connectivity index (χ3n) is 4.97. The molecule has 0 spiro atoms. The maximum Gasteiger partial charge on any atom is 0.416 e. The first-order valence-corrected chi connectivity index (χ1v) is 9.77. The number of alkyl halides is 3. The van der Waals surface area contributed by atoms with E-state index in [-0.39, 0.29) is 16.5 Å². The SMILES string of the molecule is COc1c(/C=C/c2ccccc2C(F)(F)F)cc(-c2ccc[nH]c2=O)cc1C(C)(C)C. The van der Waals surface area contributed by atoms with E-state index in [0.717, 1.165) is 11.6 Å². The summed E-state index contributed by atoms with van der Waals surface area (Å²) in [6.07, 6.45) is 0.112. The van der Waals surface area contributed by atoms with E-state index < -0.39 is 11.7 Å². The van der Waals surface area contributed by atoms with Gasteiger partial charge in [0.2, 0.25) is 0 Å². The Morgan fingerprint density at radius 2 is 1.58 bits per heavy atom. The molecule has 0 amide bonds. The summed E-state index contributed by atoms with van der Waals surface area (Å²) in [5.74, 6) is 0.560. The van der Waals surface area contributed by atoms with E-state index >= 15 is 0 Å². The molecule has 0 atom stereocenters. The molecule has 0 saturated carbocycles. The van der Waals surface area contributed by atoms with Crippen LogP contribution < -0.4 is 10.3 Å². The number of rotatable bonds is 4. The van der Waals surface area contributed by atoms with E-state index in [9.17, 15) is 18.0 Å². The highest BCUT2D eigenvalue weighted by molar-refractivity contribution is 5.79. The van der Waals surface area contributed by atoms with Gasteiger partial charge in [-0.25, -0.2) is 0 Å². The second-order valence-electron chi connectivity index (χ2n) is 8.23. The Morgan fingerprint density at radius 3 is 2.19 bits per heavy atom. The Kier molecular flexibility index (Phi) is 6.11. The number of halogens is 3. The smallest absolute Gasteiger partial charge is 0.416 e. The molecule has 6 heteroatoms. The van der Waals surface area contributed by atoms with Crippen molar-refractivity contribution < 1.29 is 17.9 Å². The second-order valence-corrected chi connectivity index (χ2v) is 8.23. The van der Waals surface area contributed by atoms with Gasteiger partial charge in [-0.2, -0.15) is 13.2 Å². The number of hydrogen-bond acceptors (Lipinski definition) is 2. The maximum atomic E-state index is 13.4. The van der Waals surface area contributed by atoms with Crippen LogP contribution in [0.15, 0.2) is 59.5 Å². The standard InChI is InChI=1S/C25H24F3NO2/c1-24(2,3)21-15-18(19-9-7-13-29-23(19)30)14-17(22(21)31-4)12-11-16-8-5-6-10-20(16)25(26,27)28/h5-15H,1-4H3,(H,29,30)/b12-11+. The van der Waals surface area contributed by atoms with Gasteiger partial charge in [-0.3, -0.25) is 4.79 Å². The zero-order valence-corrected chi connectivity index (χ0v) is 17.8. The third kappa shape index (κ3) is 4.90. The Balaban J connectivity index is 2.23. The van der Waals surface area contributed by atoms with Gasteiger partial charge in [0.05, 0.1) is 12.7 Å². The average molecular weight is 427 g/mol. The van der Waals surface area contributed by atoms with Crippen LogP contribution in [0.4, 0.5) is 13.2 Å². The summed E-state index contributed by atoms with van der Waals surface area (Å²) in [5, 5.41) is 0. The highest BCUT2D eigenvalue weighted by Crippen LogP contribution is 2.39. The van der Waals surface area contributed by atoms with Gasteiger partial charge in [0.1, 0.15) is 5.75 Å². The molecule has 31 heavy (non-hydrogen) atoms. The Labute approximate surface area is 179 Å². The first-order valence-electron chi connectivity index (χ1n) is 9.77. The summed E-state index contributed by atoms with van der Waals surface area (Å²) < 4.78 is 45.8. The topological polar surface area (TPSA) is 42.1 Å². The van der Waals surface area contributed by atoms with Crippen molar-refractivity contribution >= 4 is 12.2 Å². The maximum absolute atomic E-state index is 13.4. The fraction of sp³-hybridized carbons (Fsp3) is 0.240. The molecule has 2 aromatic carbocycles. The number of H-pyrrole nitrogens is 1. The molecular formula is C25H24F3NO2. The van der Waals surface area contributed by atoms with E-state index in [1.165, 1.54) is 25.3 Å². The van der Waals surface area contributed by atoms with E-state index in [2.05, 4.69) is 4.98 Å². The van der Waals surface area contributed by atoms with Crippen LogP contribution in [0.5, 0.6) is 5.75 Å². The summed E-state index contributed by atoms with van der Waals surface area (Å²) in [5.41, 5.74) is 1.34. The summed E-state index contributed by atoms with van der Waals surface area (Å²) in [6, 6.07) is 12.5. The highest BCUT2D eigenvalue weighted by Gasteiger charge is 2.32. The zero-order chi connectivity index (χ0) is 22.8. The molecule has 3 nitrogen and oxygen atoms in total. The quantitative estimate of drug-likeness (QED) is 0.481. The molecule has 1 aromatic heterocycles. The molecule has 0 bridgehead atoms. The molecule has 0 radical (unpaired) electrons.